The van der Waals surface area contributed by atoms with Gasteiger partial charge in [0, 0.05) is 43.3 Å². The Bertz CT molecular complexity index is 1480. The van der Waals surface area contributed by atoms with Crippen molar-refractivity contribution < 1.29 is 19.0 Å². The lowest BCUT2D eigenvalue weighted by atomic mass is 9.97. The number of aromatic nitrogens is 3. The van der Waals surface area contributed by atoms with E-state index in [1.807, 2.05) is 0 Å². The fraction of sp³-hybridized carbons (Fsp3) is 0.200. The van der Waals surface area contributed by atoms with E-state index in [0.717, 1.165) is 0 Å². The van der Waals surface area contributed by atoms with Gasteiger partial charge in [0.1, 0.15) is 29.7 Å². The Labute approximate surface area is 204 Å². The molecule has 0 radical (unpaired) electrons. The SMILES string of the molecule is Cn1ccn(-c2ccc(-c3cc(F)cc(-c4ccnc(N5C[C@H](O)[C@@H](F)C5)c4)c3O)cc2Cl)c1=O. The molecule has 1 saturated heterocycles. The van der Waals surface area contributed by atoms with Crippen LogP contribution in [0.3, 0.4) is 0 Å². The molecular weight excluding hydrogens is 478 g/mol. The van der Waals surface area contributed by atoms with E-state index in [1.165, 1.54) is 27.5 Å². The summed E-state index contributed by atoms with van der Waals surface area (Å²) in [6.07, 6.45) is 2.20. The van der Waals surface area contributed by atoms with Crippen LogP contribution in [-0.4, -0.2) is 49.7 Å². The number of alkyl halides is 1. The first-order valence-corrected chi connectivity index (χ1v) is 11.2. The van der Waals surface area contributed by atoms with Crippen molar-refractivity contribution in [2.75, 3.05) is 18.0 Å². The zero-order valence-electron chi connectivity index (χ0n) is 18.6. The smallest absolute Gasteiger partial charge is 0.332 e. The van der Waals surface area contributed by atoms with Crippen molar-refractivity contribution in [3.05, 3.63) is 82.4 Å². The number of aliphatic hydroxyl groups is 1. The molecule has 0 saturated carbocycles. The molecular formula is C25H21ClF2N4O3. The lowest BCUT2D eigenvalue weighted by Gasteiger charge is -2.18. The number of pyridine rings is 1. The third kappa shape index (κ3) is 4.17. The van der Waals surface area contributed by atoms with Gasteiger partial charge in [-0.25, -0.2) is 18.6 Å². The largest absolute Gasteiger partial charge is 0.507 e. The van der Waals surface area contributed by atoms with E-state index < -0.39 is 18.1 Å². The summed E-state index contributed by atoms with van der Waals surface area (Å²) in [7, 11) is 1.62. The second-order valence-electron chi connectivity index (χ2n) is 8.47. The summed E-state index contributed by atoms with van der Waals surface area (Å²) < 4.78 is 31.3. The highest BCUT2D eigenvalue weighted by molar-refractivity contribution is 6.32. The van der Waals surface area contributed by atoms with Gasteiger partial charge in [0.2, 0.25) is 0 Å². The number of β-amino-alcohol motifs (C(OH)–C–C–N with tert-alkyl or cyclic N) is 1. The number of hydrogen-bond donors (Lipinski definition) is 2. The molecule has 2 aromatic heterocycles. The lowest BCUT2D eigenvalue weighted by molar-refractivity contribution is 0.118. The molecule has 0 aliphatic carbocycles. The molecule has 0 unspecified atom stereocenters. The average Bonchev–Trinajstić information content (AvgIpc) is 3.35. The molecule has 10 heteroatoms. The lowest BCUT2D eigenvalue weighted by Crippen LogP contribution is -2.22. The summed E-state index contributed by atoms with van der Waals surface area (Å²) in [6, 6.07) is 10.4. The zero-order chi connectivity index (χ0) is 24.9. The van der Waals surface area contributed by atoms with Gasteiger partial charge in [0.25, 0.3) is 0 Å². The molecule has 4 aromatic rings. The normalized spacial score (nSPS) is 17.8. The number of rotatable bonds is 4. The van der Waals surface area contributed by atoms with Crippen molar-refractivity contribution in [2.45, 2.75) is 12.3 Å². The summed E-state index contributed by atoms with van der Waals surface area (Å²) >= 11 is 6.45. The number of hydrogen-bond acceptors (Lipinski definition) is 5. The standard InChI is InChI=1S/C25H21ClF2N4O3/c1-30-6-7-32(25(30)35)21-3-2-14(8-19(21)26)17-10-16(27)11-18(24(17)34)15-4-5-29-23(9-15)31-12-20(28)22(33)13-31/h2-11,20,22,33-34H,12-13H2,1H3/t20-,22-/m0/s1. The van der Waals surface area contributed by atoms with Crippen LogP contribution in [-0.2, 0) is 7.05 Å². The molecule has 1 fully saturated rings. The molecule has 1 aliphatic rings. The van der Waals surface area contributed by atoms with Gasteiger partial charge in [0.05, 0.1) is 17.3 Å². The van der Waals surface area contributed by atoms with Crippen molar-refractivity contribution >= 4 is 17.4 Å². The van der Waals surface area contributed by atoms with Gasteiger partial charge in [-0.2, -0.15) is 0 Å². The van der Waals surface area contributed by atoms with Gasteiger partial charge in [0.15, 0.2) is 0 Å². The van der Waals surface area contributed by atoms with E-state index in [1.54, 1.807) is 54.7 Å². The summed E-state index contributed by atoms with van der Waals surface area (Å²) in [4.78, 5) is 18.1. The number of halogens is 3. The summed E-state index contributed by atoms with van der Waals surface area (Å²) in [5, 5.41) is 21.1. The number of phenolic OH excluding ortho intramolecular Hbond substituents is 1. The first kappa shape index (κ1) is 23.1. The summed E-state index contributed by atoms with van der Waals surface area (Å²) in [5.74, 6) is -0.340. The van der Waals surface area contributed by atoms with E-state index in [9.17, 15) is 23.8 Å². The van der Waals surface area contributed by atoms with E-state index in [2.05, 4.69) is 4.98 Å². The predicted octanol–water partition coefficient (Wildman–Crippen LogP) is 3.92. The average molecular weight is 499 g/mol. The van der Waals surface area contributed by atoms with Gasteiger partial charge < -0.3 is 19.7 Å². The van der Waals surface area contributed by atoms with E-state index in [4.69, 9.17) is 11.6 Å². The van der Waals surface area contributed by atoms with Gasteiger partial charge in [-0.15, -0.1) is 0 Å². The van der Waals surface area contributed by atoms with Crippen LogP contribution in [0.4, 0.5) is 14.6 Å². The molecule has 0 bridgehead atoms. The monoisotopic (exact) mass is 498 g/mol. The third-order valence-corrected chi connectivity index (χ3v) is 6.44. The van der Waals surface area contributed by atoms with Crippen LogP contribution >= 0.6 is 11.6 Å². The van der Waals surface area contributed by atoms with Crippen LogP contribution in [0.5, 0.6) is 5.75 Å². The van der Waals surface area contributed by atoms with Crippen molar-refractivity contribution in [1.82, 2.24) is 14.1 Å². The summed E-state index contributed by atoms with van der Waals surface area (Å²) in [6.45, 7) is 0.0840. The van der Waals surface area contributed by atoms with Gasteiger partial charge in [-0.3, -0.25) is 4.57 Å². The first-order chi connectivity index (χ1) is 16.7. The Balaban J connectivity index is 1.54. The second kappa shape index (κ2) is 8.83. The van der Waals surface area contributed by atoms with Gasteiger partial charge in [-0.05, 0) is 47.5 Å². The zero-order valence-corrected chi connectivity index (χ0v) is 19.3. The maximum Gasteiger partial charge on any atom is 0.332 e. The minimum Gasteiger partial charge on any atom is -0.507 e. The molecule has 7 nitrogen and oxygen atoms in total. The fourth-order valence-corrected chi connectivity index (χ4v) is 4.52. The first-order valence-electron chi connectivity index (χ1n) is 10.8. The number of aromatic hydroxyl groups is 1. The molecule has 3 heterocycles. The van der Waals surface area contributed by atoms with Crippen LogP contribution in [0.1, 0.15) is 0 Å². The molecule has 5 rings (SSSR count). The number of phenols is 1. The van der Waals surface area contributed by atoms with E-state index >= 15 is 0 Å². The van der Waals surface area contributed by atoms with Crippen molar-refractivity contribution in [3.8, 4) is 33.7 Å². The van der Waals surface area contributed by atoms with Crippen LogP contribution in [0.2, 0.25) is 5.02 Å². The quantitative estimate of drug-likeness (QED) is 0.445. The van der Waals surface area contributed by atoms with Gasteiger partial charge >= 0.3 is 5.69 Å². The molecule has 1 aliphatic heterocycles. The third-order valence-electron chi connectivity index (χ3n) is 6.14. The van der Waals surface area contributed by atoms with E-state index in [0.29, 0.717) is 22.6 Å². The Kier molecular flexibility index (Phi) is 5.82. The Morgan fingerprint density at radius 1 is 1.06 bits per heavy atom. The molecule has 2 atom stereocenters. The number of benzene rings is 2. The Morgan fingerprint density at radius 2 is 1.77 bits per heavy atom. The number of nitrogens with zero attached hydrogens (tertiary/aromatic N) is 4. The highest BCUT2D eigenvalue weighted by Crippen LogP contribution is 2.41. The molecule has 2 N–H and O–H groups in total. The van der Waals surface area contributed by atoms with Gasteiger partial charge in [-0.1, -0.05) is 17.7 Å². The molecule has 0 spiro atoms. The maximum atomic E-state index is 14.7. The fourth-order valence-electron chi connectivity index (χ4n) is 4.25. The number of aryl methyl sites for hydroxylation is 1. The highest BCUT2D eigenvalue weighted by atomic mass is 35.5. The number of aliphatic hydroxyl groups excluding tert-OH is 1. The van der Waals surface area contributed by atoms with Crippen molar-refractivity contribution in [2.24, 2.45) is 7.05 Å². The highest BCUT2D eigenvalue weighted by Gasteiger charge is 2.32. The Hall–Kier alpha value is -3.69. The molecule has 0 amide bonds. The maximum absolute atomic E-state index is 14.7. The Morgan fingerprint density at radius 3 is 2.37 bits per heavy atom. The predicted molar refractivity (Wildman–Crippen MR) is 129 cm³/mol. The number of imidazole rings is 1. The van der Waals surface area contributed by atoms with Crippen LogP contribution in [0.15, 0.2) is 65.8 Å². The minimum absolute atomic E-state index is 0.00660. The van der Waals surface area contributed by atoms with Crippen LogP contribution in [0, 0.1) is 5.82 Å². The topological polar surface area (TPSA) is 83.5 Å². The summed E-state index contributed by atoms with van der Waals surface area (Å²) in [5.41, 5.74) is 1.55. The van der Waals surface area contributed by atoms with Crippen molar-refractivity contribution in [1.29, 1.82) is 0 Å². The minimum atomic E-state index is -1.38. The van der Waals surface area contributed by atoms with E-state index in [-0.39, 0.29) is 40.7 Å². The second-order valence-corrected chi connectivity index (χ2v) is 8.88. The molecule has 2 aromatic carbocycles. The van der Waals surface area contributed by atoms with Crippen LogP contribution in [0.25, 0.3) is 27.9 Å². The molecule has 35 heavy (non-hydrogen) atoms. The number of anilines is 1. The van der Waals surface area contributed by atoms with Crippen molar-refractivity contribution in [3.63, 3.8) is 0 Å². The molecule has 180 valence electrons. The van der Waals surface area contributed by atoms with Crippen LogP contribution < -0.4 is 10.6 Å².